The van der Waals surface area contributed by atoms with Crippen LogP contribution in [-0.4, -0.2) is 15.2 Å². The molecule has 2 heterocycles. The van der Waals surface area contributed by atoms with E-state index in [9.17, 15) is 9.18 Å². The molecule has 0 aliphatic carbocycles. The molecule has 2 aromatic heterocycles. The first-order chi connectivity index (χ1) is 11.1. The van der Waals surface area contributed by atoms with Crippen molar-refractivity contribution in [2.45, 2.75) is 6.04 Å². The van der Waals surface area contributed by atoms with Gasteiger partial charge in [0.1, 0.15) is 10.8 Å². The number of H-pyrrole nitrogens is 1. The molecule has 3 rings (SSSR count). The Bertz CT molecular complexity index is 869. The Hall–Kier alpha value is -2.73. The van der Waals surface area contributed by atoms with Gasteiger partial charge in [-0.05, 0) is 29.8 Å². The third-order valence-electron chi connectivity index (χ3n) is 3.26. The minimum absolute atomic E-state index is 0.0164. The number of pyridine rings is 1. The van der Waals surface area contributed by atoms with Crippen LogP contribution in [0.4, 0.5) is 10.1 Å². The SMILES string of the molecule is O=c1[nH]ncc(N[C@H](c2cccc(F)c2)c2ccccn2)c1Cl. The highest BCUT2D eigenvalue weighted by atomic mass is 35.5. The number of nitrogens with zero attached hydrogens (tertiary/aromatic N) is 2. The Balaban J connectivity index is 2.06. The van der Waals surface area contributed by atoms with Gasteiger partial charge in [-0.25, -0.2) is 9.49 Å². The minimum Gasteiger partial charge on any atom is -0.370 e. The monoisotopic (exact) mass is 330 g/mol. The molecule has 3 aromatic rings. The molecule has 1 atom stereocenters. The predicted octanol–water partition coefficient (Wildman–Crippen LogP) is 3.16. The molecule has 1 aromatic carbocycles. The first-order valence-electron chi connectivity index (χ1n) is 6.81. The van der Waals surface area contributed by atoms with Gasteiger partial charge in [-0.1, -0.05) is 29.8 Å². The van der Waals surface area contributed by atoms with Crippen LogP contribution in [0.25, 0.3) is 0 Å². The van der Waals surface area contributed by atoms with E-state index in [1.54, 1.807) is 30.5 Å². The fraction of sp³-hybridized carbons (Fsp3) is 0.0625. The van der Waals surface area contributed by atoms with Gasteiger partial charge in [0.15, 0.2) is 0 Å². The normalized spacial score (nSPS) is 11.9. The zero-order valence-electron chi connectivity index (χ0n) is 11.8. The van der Waals surface area contributed by atoms with Crippen molar-refractivity contribution in [1.82, 2.24) is 15.2 Å². The zero-order chi connectivity index (χ0) is 16.2. The fourth-order valence-corrected chi connectivity index (χ4v) is 2.35. The first kappa shape index (κ1) is 15.2. The van der Waals surface area contributed by atoms with E-state index in [1.807, 2.05) is 6.07 Å². The zero-order valence-corrected chi connectivity index (χ0v) is 12.6. The number of rotatable bonds is 4. The summed E-state index contributed by atoms with van der Waals surface area (Å²) in [6.45, 7) is 0. The molecular formula is C16H12ClFN4O. The van der Waals surface area contributed by atoms with E-state index < -0.39 is 11.6 Å². The fourth-order valence-electron chi connectivity index (χ4n) is 2.20. The highest BCUT2D eigenvalue weighted by molar-refractivity contribution is 6.32. The van der Waals surface area contributed by atoms with E-state index in [-0.39, 0.29) is 10.8 Å². The number of hydrogen-bond donors (Lipinski definition) is 2. The Morgan fingerprint density at radius 3 is 2.83 bits per heavy atom. The van der Waals surface area contributed by atoms with Crippen LogP contribution in [0.5, 0.6) is 0 Å². The molecule has 0 aliphatic heterocycles. The third-order valence-corrected chi connectivity index (χ3v) is 3.64. The van der Waals surface area contributed by atoms with Crippen molar-refractivity contribution >= 4 is 17.3 Å². The molecule has 0 bridgehead atoms. The van der Waals surface area contributed by atoms with Gasteiger partial charge >= 0.3 is 0 Å². The number of aromatic nitrogens is 3. The van der Waals surface area contributed by atoms with Crippen molar-refractivity contribution in [2.75, 3.05) is 5.32 Å². The van der Waals surface area contributed by atoms with Crippen LogP contribution in [0.2, 0.25) is 5.02 Å². The Kier molecular flexibility index (Phi) is 4.34. The van der Waals surface area contributed by atoms with E-state index in [4.69, 9.17) is 11.6 Å². The summed E-state index contributed by atoms with van der Waals surface area (Å²) >= 11 is 6.00. The van der Waals surface area contributed by atoms with Gasteiger partial charge in [0, 0.05) is 6.20 Å². The number of benzene rings is 1. The molecule has 0 aliphatic rings. The maximum Gasteiger partial charge on any atom is 0.285 e. The van der Waals surface area contributed by atoms with Crippen molar-refractivity contribution in [3.63, 3.8) is 0 Å². The highest BCUT2D eigenvalue weighted by Crippen LogP contribution is 2.27. The summed E-state index contributed by atoms with van der Waals surface area (Å²) in [6.07, 6.45) is 3.04. The van der Waals surface area contributed by atoms with Crippen LogP contribution in [-0.2, 0) is 0 Å². The average Bonchev–Trinajstić information content (AvgIpc) is 2.57. The van der Waals surface area contributed by atoms with Crippen LogP contribution in [0, 0.1) is 5.82 Å². The quantitative estimate of drug-likeness (QED) is 0.771. The second-order valence-corrected chi connectivity index (χ2v) is 5.19. The van der Waals surface area contributed by atoms with Crippen LogP contribution < -0.4 is 10.9 Å². The van der Waals surface area contributed by atoms with Crippen molar-refractivity contribution in [3.05, 3.63) is 87.3 Å². The number of halogens is 2. The Morgan fingerprint density at radius 1 is 1.22 bits per heavy atom. The summed E-state index contributed by atoms with van der Waals surface area (Å²) < 4.78 is 13.6. The predicted molar refractivity (Wildman–Crippen MR) is 86.0 cm³/mol. The van der Waals surface area contributed by atoms with E-state index in [0.717, 1.165) is 0 Å². The lowest BCUT2D eigenvalue weighted by molar-refractivity contribution is 0.624. The molecule has 5 nitrogen and oxygen atoms in total. The topological polar surface area (TPSA) is 70.7 Å². The van der Waals surface area contributed by atoms with Crippen molar-refractivity contribution in [1.29, 1.82) is 0 Å². The molecule has 0 amide bonds. The van der Waals surface area contributed by atoms with E-state index in [0.29, 0.717) is 16.9 Å². The summed E-state index contributed by atoms with van der Waals surface area (Å²) in [5.74, 6) is -0.361. The summed E-state index contributed by atoms with van der Waals surface area (Å²) in [5, 5.41) is 9.06. The van der Waals surface area contributed by atoms with Crippen molar-refractivity contribution in [3.8, 4) is 0 Å². The number of aromatic amines is 1. The van der Waals surface area contributed by atoms with Crippen LogP contribution in [0.1, 0.15) is 17.3 Å². The second-order valence-electron chi connectivity index (χ2n) is 4.81. The molecule has 0 unspecified atom stereocenters. The molecule has 7 heteroatoms. The van der Waals surface area contributed by atoms with Gasteiger partial charge in [0.25, 0.3) is 5.56 Å². The molecule has 0 radical (unpaired) electrons. The Labute approximate surface area is 136 Å². The lowest BCUT2D eigenvalue weighted by atomic mass is 10.0. The summed E-state index contributed by atoms with van der Waals surface area (Å²) in [6, 6.07) is 11.1. The summed E-state index contributed by atoms with van der Waals surface area (Å²) in [5.41, 5.74) is 1.15. The number of nitrogens with one attached hydrogen (secondary N) is 2. The number of anilines is 1. The molecule has 0 fully saturated rings. The lowest BCUT2D eigenvalue weighted by Gasteiger charge is -2.20. The molecule has 2 N–H and O–H groups in total. The van der Waals surface area contributed by atoms with Gasteiger partial charge in [0.2, 0.25) is 0 Å². The molecule has 116 valence electrons. The lowest BCUT2D eigenvalue weighted by Crippen LogP contribution is -2.17. The van der Waals surface area contributed by atoms with E-state index in [1.165, 1.54) is 18.3 Å². The van der Waals surface area contributed by atoms with Gasteiger partial charge in [-0.15, -0.1) is 0 Å². The summed E-state index contributed by atoms with van der Waals surface area (Å²) in [4.78, 5) is 15.9. The average molecular weight is 331 g/mol. The molecule has 0 spiro atoms. The van der Waals surface area contributed by atoms with E-state index >= 15 is 0 Å². The largest absolute Gasteiger partial charge is 0.370 e. The van der Waals surface area contributed by atoms with Gasteiger partial charge in [0.05, 0.1) is 23.6 Å². The maximum atomic E-state index is 13.6. The Morgan fingerprint density at radius 2 is 2.09 bits per heavy atom. The van der Waals surface area contributed by atoms with Crippen LogP contribution in [0.3, 0.4) is 0 Å². The maximum absolute atomic E-state index is 13.6. The minimum atomic E-state index is -0.504. The van der Waals surface area contributed by atoms with Gasteiger partial charge in [-0.3, -0.25) is 9.78 Å². The molecular weight excluding hydrogens is 319 g/mol. The second kappa shape index (κ2) is 6.58. The highest BCUT2D eigenvalue weighted by Gasteiger charge is 2.18. The van der Waals surface area contributed by atoms with Crippen molar-refractivity contribution in [2.24, 2.45) is 0 Å². The first-order valence-corrected chi connectivity index (χ1v) is 7.19. The smallest absolute Gasteiger partial charge is 0.285 e. The van der Waals surface area contributed by atoms with Crippen molar-refractivity contribution < 1.29 is 4.39 Å². The third kappa shape index (κ3) is 3.37. The van der Waals surface area contributed by atoms with Gasteiger partial charge < -0.3 is 5.32 Å². The molecule has 0 saturated carbocycles. The van der Waals surface area contributed by atoms with E-state index in [2.05, 4.69) is 20.5 Å². The van der Waals surface area contributed by atoms with Crippen LogP contribution in [0.15, 0.2) is 59.7 Å². The molecule has 23 heavy (non-hydrogen) atoms. The van der Waals surface area contributed by atoms with Crippen LogP contribution >= 0.6 is 11.6 Å². The van der Waals surface area contributed by atoms with Gasteiger partial charge in [-0.2, -0.15) is 5.10 Å². The summed E-state index contributed by atoms with van der Waals surface area (Å²) in [7, 11) is 0. The standard InChI is InChI=1S/C16H12ClFN4O/c17-14-13(9-20-22-16(14)23)21-15(12-6-1-2-7-19-12)10-4-3-5-11(18)8-10/h1-9,15H,(H2,21,22,23)/t15-/m1/s1. The number of hydrogen-bond acceptors (Lipinski definition) is 4. The molecule has 0 saturated heterocycles.